The molecule has 1 aliphatic rings. The van der Waals surface area contributed by atoms with E-state index in [9.17, 15) is 14.4 Å². The van der Waals surface area contributed by atoms with Crippen LogP contribution >= 0.6 is 11.8 Å². The Bertz CT molecular complexity index is 955. The zero-order chi connectivity index (χ0) is 23.8. The molecule has 8 nitrogen and oxygen atoms in total. The van der Waals surface area contributed by atoms with Gasteiger partial charge in [-0.1, -0.05) is 48.5 Å². The fraction of sp³-hybridized carbons (Fsp3) is 0.375. The van der Waals surface area contributed by atoms with E-state index in [2.05, 4.69) is 16.0 Å². The Labute approximate surface area is 197 Å². The summed E-state index contributed by atoms with van der Waals surface area (Å²) in [5, 5.41) is 8.27. The lowest BCUT2D eigenvalue weighted by molar-refractivity contribution is -0.143. The molecule has 3 N–H and O–H groups in total. The molecule has 33 heavy (non-hydrogen) atoms. The zero-order valence-corrected chi connectivity index (χ0v) is 19.7. The molecule has 2 aromatic carbocycles. The molecule has 1 fully saturated rings. The van der Waals surface area contributed by atoms with E-state index in [4.69, 9.17) is 9.47 Å². The van der Waals surface area contributed by atoms with Crippen molar-refractivity contribution >= 4 is 29.5 Å². The number of nitrogens with one attached hydrogen (secondary N) is 3. The van der Waals surface area contributed by atoms with Gasteiger partial charge in [-0.3, -0.25) is 19.7 Å². The van der Waals surface area contributed by atoms with Crippen LogP contribution in [0.15, 0.2) is 60.7 Å². The van der Waals surface area contributed by atoms with Crippen molar-refractivity contribution in [2.45, 2.75) is 42.6 Å². The summed E-state index contributed by atoms with van der Waals surface area (Å²) in [6.45, 7) is 3.86. The first-order chi connectivity index (χ1) is 15.8. The molecule has 1 heterocycles. The fourth-order valence-electron chi connectivity index (χ4n) is 3.48. The lowest BCUT2D eigenvalue weighted by Gasteiger charge is -2.25. The Morgan fingerprint density at radius 2 is 1.70 bits per heavy atom. The molecule has 0 spiro atoms. The second-order valence-corrected chi connectivity index (χ2v) is 9.91. The number of carbonyl (C=O) groups excluding carboxylic acids is 3. The van der Waals surface area contributed by atoms with E-state index in [0.717, 1.165) is 5.56 Å². The van der Waals surface area contributed by atoms with Crippen molar-refractivity contribution in [3.63, 3.8) is 0 Å². The quantitative estimate of drug-likeness (QED) is 0.479. The summed E-state index contributed by atoms with van der Waals surface area (Å²) in [4.78, 5) is 38.0. The standard InChI is InChI=1S/C24H29N3O5S/c1-24(2)20(23(30)31-3)27-22(33-24)19(21(29)25-14-16-10-6-4-7-11-16)26-18(28)15-32-17-12-8-5-9-13-17/h4-13,19-20,22,27H,14-15H2,1-3H3,(H,25,29)(H,26,28)/t19-,20+,22+/m0/s1. The molecule has 0 unspecified atom stereocenters. The van der Waals surface area contributed by atoms with Crippen LogP contribution in [0.1, 0.15) is 19.4 Å². The third-order valence-electron chi connectivity index (χ3n) is 5.22. The Hall–Kier alpha value is -3.04. The maximum atomic E-state index is 13.1. The minimum absolute atomic E-state index is 0.242. The molecule has 3 atom stereocenters. The summed E-state index contributed by atoms with van der Waals surface area (Å²) in [5.74, 6) is -0.672. The highest BCUT2D eigenvalue weighted by Gasteiger charge is 2.49. The largest absolute Gasteiger partial charge is 0.484 e. The number of esters is 1. The van der Waals surface area contributed by atoms with Gasteiger partial charge in [-0.2, -0.15) is 0 Å². The monoisotopic (exact) mass is 471 g/mol. The van der Waals surface area contributed by atoms with Crippen molar-refractivity contribution in [3.8, 4) is 5.75 Å². The third kappa shape index (κ3) is 6.72. The molecular formula is C24H29N3O5S. The van der Waals surface area contributed by atoms with Crippen molar-refractivity contribution < 1.29 is 23.9 Å². The van der Waals surface area contributed by atoms with Gasteiger partial charge >= 0.3 is 5.97 Å². The van der Waals surface area contributed by atoms with Crippen LogP contribution in [0.3, 0.4) is 0 Å². The first-order valence-corrected chi connectivity index (χ1v) is 11.5. The van der Waals surface area contributed by atoms with E-state index in [-0.39, 0.29) is 12.5 Å². The van der Waals surface area contributed by atoms with E-state index in [1.165, 1.54) is 18.9 Å². The SMILES string of the molecule is COC(=O)[C@H]1N[C@@H]([C@@H](NC(=O)COc2ccccc2)C(=O)NCc2ccccc2)SC1(C)C. The van der Waals surface area contributed by atoms with E-state index in [0.29, 0.717) is 12.3 Å². The number of rotatable bonds is 9. The minimum atomic E-state index is -0.931. The summed E-state index contributed by atoms with van der Waals surface area (Å²) in [6, 6.07) is 16.9. The van der Waals surface area contributed by atoms with Crippen LogP contribution in [0.4, 0.5) is 0 Å². The maximum absolute atomic E-state index is 13.1. The summed E-state index contributed by atoms with van der Waals surface area (Å²) in [5.41, 5.74) is 0.933. The summed E-state index contributed by atoms with van der Waals surface area (Å²) >= 11 is 1.41. The second kappa shape index (κ2) is 11.2. The van der Waals surface area contributed by atoms with E-state index < -0.39 is 34.1 Å². The van der Waals surface area contributed by atoms with Gasteiger partial charge in [-0.05, 0) is 31.5 Å². The highest BCUT2D eigenvalue weighted by atomic mass is 32.2. The van der Waals surface area contributed by atoms with Gasteiger partial charge in [0.05, 0.1) is 12.5 Å². The topological polar surface area (TPSA) is 106 Å². The van der Waals surface area contributed by atoms with Crippen LogP contribution in [0.2, 0.25) is 0 Å². The van der Waals surface area contributed by atoms with Crippen LogP contribution in [-0.4, -0.2) is 53.7 Å². The average molecular weight is 472 g/mol. The number of benzene rings is 2. The molecule has 1 saturated heterocycles. The predicted octanol–water partition coefficient (Wildman–Crippen LogP) is 1.85. The smallest absolute Gasteiger partial charge is 0.324 e. The van der Waals surface area contributed by atoms with Gasteiger partial charge in [0.2, 0.25) is 5.91 Å². The first-order valence-electron chi connectivity index (χ1n) is 10.6. The number of hydrogen-bond donors (Lipinski definition) is 3. The van der Waals surface area contributed by atoms with Crippen molar-refractivity contribution in [1.82, 2.24) is 16.0 Å². The number of carbonyl (C=O) groups is 3. The summed E-state index contributed by atoms with van der Waals surface area (Å²) < 4.78 is 9.88. The second-order valence-electron chi connectivity index (χ2n) is 8.12. The Morgan fingerprint density at radius 1 is 1.06 bits per heavy atom. The van der Waals surface area contributed by atoms with Gasteiger partial charge in [-0.25, -0.2) is 0 Å². The van der Waals surface area contributed by atoms with Crippen LogP contribution in [-0.2, 0) is 25.7 Å². The molecule has 0 radical (unpaired) electrons. The lowest BCUT2D eigenvalue weighted by Crippen LogP contribution is -2.57. The molecule has 2 aromatic rings. The number of ether oxygens (including phenoxy) is 2. The van der Waals surface area contributed by atoms with Gasteiger partial charge in [-0.15, -0.1) is 11.8 Å². The Morgan fingerprint density at radius 3 is 2.33 bits per heavy atom. The normalized spacial score (nSPS) is 19.8. The number of thioether (sulfide) groups is 1. The molecule has 176 valence electrons. The zero-order valence-electron chi connectivity index (χ0n) is 18.9. The van der Waals surface area contributed by atoms with Crippen LogP contribution in [0, 0.1) is 0 Å². The van der Waals surface area contributed by atoms with Gasteiger partial charge in [0, 0.05) is 11.3 Å². The van der Waals surface area contributed by atoms with Crippen molar-refractivity contribution in [1.29, 1.82) is 0 Å². The number of methoxy groups -OCH3 is 1. The minimum Gasteiger partial charge on any atom is -0.484 e. The molecular weight excluding hydrogens is 442 g/mol. The predicted molar refractivity (Wildman–Crippen MR) is 127 cm³/mol. The maximum Gasteiger partial charge on any atom is 0.324 e. The third-order valence-corrected chi connectivity index (χ3v) is 6.72. The Kier molecular flexibility index (Phi) is 8.35. The van der Waals surface area contributed by atoms with Gasteiger partial charge < -0.3 is 20.1 Å². The highest BCUT2D eigenvalue weighted by molar-refractivity contribution is 8.01. The summed E-state index contributed by atoms with van der Waals surface area (Å²) in [7, 11) is 1.32. The van der Waals surface area contributed by atoms with Crippen LogP contribution in [0.5, 0.6) is 5.75 Å². The van der Waals surface area contributed by atoms with Crippen molar-refractivity contribution in [2.75, 3.05) is 13.7 Å². The molecule has 0 aromatic heterocycles. The van der Waals surface area contributed by atoms with Gasteiger partial charge in [0.15, 0.2) is 6.61 Å². The molecule has 0 aliphatic carbocycles. The lowest BCUT2D eigenvalue weighted by atomic mass is 10.0. The first kappa shape index (κ1) is 24.6. The van der Waals surface area contributed by atoms with E-state index in [1.54, 1.807) is 24.3 Å². The highest BCUT2D eigenvalue weighted by Crippen LogP contribution is 2.39. The number of para-hydroxylation sites is 1. The van der Waals surface area contributed by atoms with Gasteiger partial charge in [0.1, 0.15) is 17.8 Å². The molecule has 0 saturated carbocycles. The van der Waals surface area contributed by atoms with E-state index in [1.807, 2.05) is 50.2 Å². The fourth-order valence-corrected chi connectivity index (χ4v) is 4.97. The molecule has 2 amide bonds. The van der Waals surface area contributed by atoms with Crippen LogP contribution < -0.4 is 20.7 Å². The molecule has 1 aliphatic heterocycles. The average Bonchev–Trinajstić information content (AvgIpc) is 3.15. The van der Waals surface area contributed by atoms with Crippen molar-refractivity contribution in [3.05, 3.63) is 66.2 Å². The molecule has 3 rings (SSSR count). The van der Waals surface area contributed by atoms with E-state index >= 15 is 0 Å². The van der Waals surface area contributed by atoms with Crippen molar-refractivity contribution in [2.24, 2.45) is 0 Å². The number of hydrogen-bond acceptors (Lipinski definition) is 7. The van der Waals surface area contributed by atoms with Crippen LogP contribution in [0.25, 0.3) is 0 Å². The Balaban J connectivity index is 1.70. The number of amides is 2. The van der Waals surface area contributed by atoms with Gasteiger partial charge in [0.25, 0.3) is 5.91 Å². The molecule has 0 bridgehead atoms. The summed E-state index contributed by atoms with van der Waals surface area (Å²) in [6.07, 6.45) is 0. The molecule has 9 heteroatoms.